The Balaban J connectivity index is 2.11. The van der Waals surface area contributed by atoms with E-state index in [1.54, 1.807) is 17.5 Å². The number of benzene rings is 1. The van der Waals surface area contributed by atoms with Gasteiger partial charge in [-0.3, -0.25) is 0 Å². The molecule has 0 atom stereocenters. The summed E-state index contributed by atoms with van der Waals surface area (Å²) in [5.74, 6) is -1.30. The highest BCUT2D eigenvalue weighted by Gasteiger charge is 2.13. The molecule has 18 heavy (non-hydrogen) atoms. The average molecular weight is 287 g/mol. The van der Waals surface area contributed by atoms with E-state index in [0.717, 1.165) is 11.3 Å². The molecule has 0 amide bonds. The minimum absolute atomic E-state index is 0.0417. The molecule has 1 aromatic carbocycles. The van der Waals surface area contributed by atoms with E-state index < -0.39 is 11.8 Å². The van der Waals surface area contributed by atoms with Gasteiger partial charge in [0.05, 0.1) is 0 Å². The highest BCUT2D eigenvalue weighted by Crippen LogP contribution is 2.26. The number of ether oxygens (including phenoxy) is 1. The van der Waals surface area contributed by atoms with Crippen LogP contribution >= 0.6 is 22.9 Å². The fourth-order valence-corrected chi connectivity index (χ4v) is 2.19. The molecule has 0 fully saturated rings. The number of rotatable bonds is 4. The largest absolute Gasteiger partial charge is 0.487 e. The Hall–Kier alpha value is -1.59. The third-order valence-corrected chi connectivity index (χ3v) is 3.34. The maximum absolute atomic E-state index is 13.5. The van der Waals surface area contributed by atoms with E-state index >= 15 is 0 Å². The molecule has 0 saturated heterocycles. The molecule has 2 aromatic rings. The topological polar surface area (TPSA) is 46.5 Å². The lowest BCUT2D eigenvalue weighted by atomic mass is 10.2. The fraction of sp³-hybridized carbons (Fsp3) is 0.0833. The van der Waals surface area contributed by atoms with Crippen LogP contribution in [0.3, 0.4) is 0 Å². The lowest BCUT2D eigenvalue weighted by molar-refractivity contribution is 0.0697. The molecule has 6 heteroatoms. The third kappa shape index (κ3) is 2.80. The molecule has 0 radical (unpaired) electrons. The molecule has 0 spiro atoms. The Bertz CT molecular complexity index is 582. The first-order valence-electron chi connectivity index (χ1n) is 4.95. The predicted octanol–water partition coefficient (Wildman–Crippen LogP) is 3.82. The second kappa shape index (κ2) is 5.37. The minimum atomic E-state index is -1.06. The molecule has 0 aliphatic carbocycles. The molecule has 0 bridgehead atoms. The summed E-state index contributed by atoms with van der Waals surface area (Å²) in [7, 11) is 0. The van der Waals surface area contributed by atoms with Crippen molar-refractivity contribution < 1.29 is 19.0 Å². The summed E-state index contributed by atoms with van der Waals surface area (Å²) in [6.07, 6.45) is 0. The first-order valence-corrected chi connectivity index (χ1v) is 6.21. The number of carboxylic acid groups (broad SMARTS) is 1. The van der Waals surface area contributed by atoms with Crippen LogP contribution in [-0.2, 0) is 6.61 Å². The van der Waals surface area contributed by atoms with E-state index in [1.807, 2.05) is 0 Å². The molecule has 0 aliphatic heterocycles. The van der Waals surface area contributed by atoms with Gasteiger partial charge in [0, 0.05) is 10.6 Å². The van der Waals surface area contributed by atoms with Crippen molar-refractivity contribution in [2.45, 2.75) is 6.61 Å². The zero-order valence-corrected chi connectivity index (χ0v) is 10.6. The van der Waals surface area contributed by atoms with Gasteiger partial charge < -0.3 is 9.84 Å². The fourth-order valence-electron chi connectivity index (χ4n) is 1.36. The van der Waals surface area contributed by atoms with Gasteiger partial charge >= 0.3 is 5.97 Å². The van der Waals surface area contributed by atoms with Crippen molar-refractivity contribution in [3.8, 4) is 5.75 Å². The lowest BCUT2D eigenvalue weighted by Gasteiger charge is -2.06. The molecule has 0 saturated carbocycles. The first kappa shape index (κ1) is 12.9. The molecule has 2 rings (SSSR count). The van der Waals surface area contributed by atoms with Gasteiger partial charge in [-0.05, 0) is 23.6 Å². The number of carboxylic acids is 1. The van der Waals surface area contributed by atoms with Gasteiger partial charge in [0.25, 0.3) is 0 Å². The van der Waals surface area contributed by atoms with E-state index in [9.17, 15) is 9.18 Å². The van der Waals surface area contributed by atoms with E-state index in [0.29, 0.717) is 10.6 Å². The quantitative estimate of drug-likeness (QED) is 0.929. The van der Waals surface area contributed by atoms with Crippen LogP contribution in [0, 0.1) is 5.82 Å². The highest BCUT2D eigenvalue weighted by atomic mass is 35.5. The summed E-state index contributed by atoms with van der Waals surface area (Å²) >= 11 is 6.69. The molecule has 1 heterocycles. The van der Waals surface area contributed by atoms with Crippen LogP contribution in [0.4, 0.5) is 4.39 Å². The van der Waals surface area contributed by atoms with Crippen LogP contribution in [0.15, 0.2) is 29.6 Å². The van der Waals surface area contributed by atoms with Gasteiger partial charge in [0.15, 0.2) is 4.88 Å². The maximum Gasteiger partial charge on any atom is 0.349 e. The zero-order chi connectivity index (χ0) is 13.1. The predicted molar refractivity (Wildman–Crippen MR) is 67.0 cm³/mol. The van der Waals surface area contributed by atoms with Crippen LogP contribution in [0.2, 0.25) is 5.02 Å². The molecule has 1 aromatic heterocycles. The summed E-state index contributed by atoms with van der Waals surface area (Å²) in [6, 6.07) is 5.79. The van der Waals surface area contributed by atoms with E-state index in [2.05, 4.69) is 0 Å². The lowest BCUT2D eigenvalue weighted by Crippen LogP contribution is -2.01. The monoisotopic (exact) mass is 286 g/mol. The minimum Gasteiger partial charge on any atom is -0.487 e. The molecule has 94 valence electrons. The SMILES string of the molecule is O=C(O)c1sccc1OCc1ccc(Cl)cc1F. The van der Waals surface area contributed by atoms with Gasteiger partial charge in [0.2, 0.25) is 0 Å². The summed E-state index contributed by atoms with van der Waals surface area (Å²) in [6.45, 7) is -0.0417. The summed E-state index contributed by atoms with van der Waals surface area (Å²) in [4.78, 5) is 10.9. The number of hydrogen-bond donors (Lipinski definition) is 1. The molecule has 0 aliphatic rings. The van der Waals surface area contributed by atoms with E-state index in [4.69, 9.17) is 21.4 Å². The number of aromatic carboxylic acids is 1. The van der Waals surface area contributed by atoms with Crippen molar-refractivity contribution in [3.05, 3.63) is 50.9 Å². The normalized spacial score (nSPS) is 10.3. The van der Waals surface area contributed by atoms with Crippen molar-refractivity contribution in [3.63, 3.8) is 0 Å². The summed E-state index contributed by atoms with van der Waals surface area (Å²) < 4.78 is 18.8. The maximum atomic E-state index is 13.5. The molecule has 1 N–H and O–H groups in total. The number of hydrogen-bond acceptors (Lipinski definition) is 3. The van der Waals surface area contributed by atoms with Crippen LogP contribution < -0.4 is 4.74 Å². The van der Waals surface area contributed by atoms with Gasteiger partial charge in [-0.25, -0.2) is 9.18 Å². The molecular formula is C12H8ClFO3S. The number of carbonyl (C=O) groups is 1. The van der Waals surface area contributed by atoms with Crippen molar-refractivity contribution in [2.24, 2.45) is 0 Å². The van der Waals surface area contributed by atoms with Crippen LogP contribution in [0.5, 0.6) is 5.75 Å². The van der Waals surface area contributed by atoms with E-state index in [-0.39, 0.29) is 17.2 Å². The summed E-state index contributed by atoms with van der Waals surface area (Å²) in [5, 5.41) is 10.8. The average Bonchev–Trinajstić information content (AvgIpc) is 2.76. The van der Waals surface area contributed by atoms with Crippen molar-refractivity contribution in [2.75, 3.05) is 0 Å². The first-order chi connectivity index (χ1) is 8.58. The second-order valence-corrected chi connectivity index (χ2v) is 4.80. The Labute approximate surface area is 111 Å². The number of halogens is 2. The molecule has 3 nitrogen and oxygen atoms in total. The van der Waals surface area contributed by atoms with Crippen molar-refractivity contribution in [1.29, 1.82) is 0 Å². The zero-order valence-electron chi connectivity index (χ0n) is 9.02. The smallest absolute Gasteiger partial charge is 0.349 e. The van der Waals surface area contributed by atoms with Crippen LogP contribution in [0.1, 0.15) is 15.2 Å². The Morgan fingerprint density at radius 2 is 2.22 bits per heavy atom. The van der Waals surface area contributed by atoms with Crippen LogP contribution in [-0.4, -0.2) is 11.1 Å². The molecule has 0 unspecified atom stereocenters. The Morgan fingerprint density at radius 3 is 2.89 bits per heavy atom. The molecular weight excluding hydrogens is 279 g/mol. The van der Waals surface area contributed by atoms with Crippen molar-refractivity contribution >= 4 is 28.9 Å². The Morgan fingerprint density at radius 1 is 1.44 bits per heavy atom. The highest BCUT2D eigenvalue weighted by molar-refractivity contribution is 7.12. The third-order valence-electron chi connectivity index (χ3n) is 2.22. The Kier molecular flexibility index (Phi) is 3.84. The standard InChI is InChI=1S/C12H8ClFO3S/c13-8-2-1-7(9(14)5-8)6-17-10-3-4-18-11(10)12(15)16/h1-5H,6H2,(H,15,16). The van der Waals surface area contributed by atoms with Crippen LogP contribution in [0.25, 0.3) is 0 Å². The van der Waals surface area contributed by atoms with Gasteiger partial charge in [0.1, 0.15) is 18.2 Å². The number of thiophene rings is 1. The summed E-state index contributed by atoms with van der Waals surface area (Å²) in [5.41, 5.74) is 0.321. The van der Waals surface area contributed by atoms with Gasteiger partial charge in [-0.2, -0.15) is 0 Å². The van der Waals surface area contributed by atoms with Gasteiger partial charge in [-0.1, -0.05) is 17.7 Å². The van der Waals surface area contributed by atoms with Gasteiger partial charge in [-0.15, -0.1) is 11.3 Å². The van der Waals surface area contributed by atoms with Crippen molar-refractivity contribution in [1.82, 2.24) is 0 Å². The second-order valence-electron chi connectivity index (χ2n) is 3.44. The van der Waals surface area contributed by atoms with E-state index in [1.165, 1.54) is 12.1 Å².